The first-order chi connectivity index (χ1) is 30.7. The van der Waals surface area contributed by atoms with Gasteiger partial charge in [0.2, 0.25) is 5.91 Å². The average Bonchev–Trinajstić information content (AvgIpc) is 3.18. The van der Waals surface area contributed by atoms with Crippen LogP contribution in [0, 0.1) is 0 Å². The summed E-state index contributed by atoms with van der Waals surface area (Å²) in [5, 5.41) is 2.16. The fourth-order valence-electron chi connectivity index (χ4n) is 6.54. The van der Waals surface area contributed by atoms with Gasteiger partial charge in [0.25, 0.3) is 0 Å². The van der Waals surface area contributed by atoms with E-state index in [4.69, 9.17) is 56.5 Å². The number of nitrogens with one attached hydrogen (secondary N) is 1. The molecule has 2 fully saturated rings. The molecule has 2 aliphatic rings. The quantitative estimate of drug-likeness (QED) is 0.118. The molecule has 0 radical (unpaired) electrons. The number of benzene rings is 1. The molecule has 0 spiro atoms. The van der Waals surface area contributed by atoms with Crippen molar-refractivity contribution in [2.75, 3.05) is 13.2 Å². The smallest absolute Gasteiger partial charge is 0.334 e. The zero-order valence-electron chi connectivity index (χ0n) is 39.1. The number of hydrogen-bond donors (Lipinski definition) is 1. The second-order valence-corrected chi connectivity index (χ2v) is 21.7. The number of amides is 1. The lowest BCUT2D eigenvalue weighted by Gasteiger charge is -2.48. The minimum atomic E-state index is -2.77. The Balaban J connectivity index is 2.13. The molecule has 1 amide bonds. The van der Waals surface area contributed by atoms with Crippen LogP contribution in [0.25, 0.3) is 0 Å². The highest BCUT2D eigenvalue weighted by atomic mass is 28.4. The van der Waals surface area contributed by atoms with Crippen LogP contribution in [0.1, 0.15) is 81.2 Å². The van der Waals surface area contributed by atoms with Crippen molar-refractivity contribution in [2.45, 2.75) is 168 Å². The first-order valence-electron chi connectivity index (χ1n) is 21.0. The second kappa shape index (κ2) is 24.3. The molecular formula is C43H61NO21Si. The number of rotatable bonds is 19. The van der Waals surface area contributed by atoms with Crippen molar-refractivity contribution in [1.82, 2.24) is 5.32 Å². The van der Waals surface area contributed by atoms with Crippen molar-refractivity contribution >= 4 is 62.0 Å². The molecule has 23 heteroatoms. The highest BCUT2D eigenvalue weighted by Gasteiger charge is 2.58. The molecular weight excluding hydrogens is 895 g/mol. The van der Waals surface area contributed by atoms with E-state index in [1.54, 1.807) is 30.3 Å². The minimum Gasteiger partial charge on any atom is -0.463 e. The van der Waals surface area contributed by atoms with Crippen LogP contribution in [-0.4, -0.2) is 143 Å². The van der Waals surface area contributed by atoms with Gasteiger partial charge >= 0.3 is 47.8 Å². The van der Waals surface area contributed by atoms with Gasteiger partial charge in [0.05, 0.1) is 6.42 Å². The maximum atomic E-state index is 14.1. The number of carbonyl (C=O) groups is 9. The lowest BCUT2D eigenvalue weighted by Crippen LogP contribution is -2.69. The molecule has 3 rings (SSSR count). The molecule has 1 N–H and O–H groups in total. The summed E-state index contributed by atoms with van der Waals surface area (Å²) >= 11 is 0. The zero-order chi connectivity index (χ0) is 49.7. The molecule has 2 heterocycles. The minimum absolute atomic E-state index is 0.123. The molecule has 2 aliphatic heterocycles. The second-order valence-electron chi connectivity index (χ2n) is 16.9. The maximum absolute atomic E-state index is 14.1. The Labute approximate surface area is 383 Å². The molecule has 66 heavy (non-hydrogen) atoms. The lowest BCUT2D eigenvalue weighted by molar-refractivity contribution is -0.345. The molecule has 22 nitrogen and oxygen atoms in total. The van der Waals surface area contributed by atoms with Crippen molar-refractivity contribution in [3.05, 3.63) is 35.9 Å². The third-order valence-electron chi connectivity index (χ3n) is 10.3. The van der Waals surface area contributed by atoms with E-state index >= 15 is 0 Å². The van der Waals surface area contributed by atoms with Crippen LogP contribution < -0.4 is 5.32 Å². The largest absolute Gasteiger partial charge is 0.463 e. The summed E-state index contributed by atoms with van der Waals surface area (Å²) in [5.74, 6) is -8.09. The Bertz CT molecular complexity index is 1900. The van der Waals surface area contributed by atoms with E-state index in [2.05, 4.69) is 5.32 Å². The Hall–Kier alpha value is -5.49. The van der Waals surface area contributed by atoms with Gasteiger partial charge in [-0.25, -0.2) is 4.79 Å². The van der Waals surface area contributed by atoms with Gasteiger partial charge in [0.15, 0.2) is 57.5 Å². The van der Waals surface area contributed by atoms with E-state index in [0.717, 1.165) is 48.5 Å². The fourth-order valence-corrected chi connectivity index (χ4v) is 7.79. The van der Waals surface area contributed by atoms with E-state index in [9.17, 15) is 43.2 Å². The van der Waals surface area contributed by atoms with Gasteiger partial charge in [-0.3, -0.25) is 38.4 Å². The molecule has 1 aromatic rings. The summed E-state index contributed by atoms with van der Waals surface area (Å²) in [7, 11) is -2.77. The molecule has 2 saturated heterocycles. The van der Waals surface area contributed by atoms with Gasteiger partial charge in [-0.05, 0) is 23.7 Å². The third-order valence-corrected chi connectivity index (χ3v) is 14.8. The molecule has 0 aliphatic carbocycles. The molecule has 11 atom stereocenters. The van der Waals surface area contributed by atoms with Crippen LogP contribution in [0.2, 0.25) is 18.1 Å². The zero-order valence-corrected chi connectivity index (χ0v) is 40.1. The van der Waals surface area contributed by atoms with Gasteiger partial charge in [0, 0.05) is 48.5 Å². The summed E-state index contributed by atoms with van der Waals surface area (Å²) in [6, 6.07) is 8.82. The average molecular weight is 956 g/mol. The summed E-state index contributed by atoms with van der Waals surface area (Å²) < 4.78 is 68.9. The standard InChI is InChI=1S/C43H61NO21Si/c1-22(45)54-20-31-35(64-42-39(61-28(7)51)37(59-26(5)49)34(57-24(3)47)32(63-42)21-55-23(2)46)36(58-25(4)48)38(60-27(6)50)40(62-31)44-33(52)18-30(65-66(11,12)43(8,9)10)41(53)56-19-29-16-14-13-15-17-29/h13-17,30-32,34-40,42H,18-21H2,1-12H3,(H,44,52)/t30-,31+,32+,34+,35+,36-,37-,38+,39+,40+,42-/m0/s1. The maximum Gasteiger partial charge on any atom is 0.334 e. The summed E-state index contributed by atoms with van der Waals surface area (Å²) in [6.07, 6.45) is -19.1. The van der Waals surface area contributed by atoms with E-state index < -0.39 is 154 Å². The van der Waals surface area contributed by atoms with E-state index in [1.807, 2.05) is 33.9 Å². The SMILES string of the molecule is CC(=O)OC[C@H]1O[C@@H](NC(=O)C[C@H](O[Si](C)(C)C(C)(C)C)C(=O)OCc2ccccc2)[C@H](OC(C)=O)[C@@H](OC(C)=O)[C@@H]1O[C@@H]1O[C@H](COC(C)=O)[C@@H](OC(C)=O)[C@H](OC(C)=O)[C@H]1OC(C)=O. The van der Waals surface area contributed by atoms with Gasteiger partial charge in [0.1, 0.15) is 38.1 Å². The lowest BCUT2D eigenvalue weighted by atomic mass is 9.95. The van der Waals surface area contributed by atoms with Gasteiger partial charge < -0.3 is 61.8 Å². The van der Waals surface area contributed by atoms with Crippen molar-refractivity contribution in [2.24, 2.45) is 0 Å². The first-order valence-corrected chi connectivity index (χ1v) is 23.9. The van der Waals surface area contributed by atoms with Crippen LogP contribution in [0.15, 0.2) is 30.3 Å². The predicted octanol–water partition coefficient (Wildman–Crippen LogP) is 2.25. The Morgan fingerprint density at radius 2 is 1.05 bits per heavy atom. The van der Waals surface area contributed by atoms with Crippen molar-refractivity contribution in [3.63, 3.8) is 0 Å². The highest BCUT2D eigenvalue weighted by Crippen LogP contribution is 2.38. The molecule has 368 valence electrons. The summed E-state index contributed by atoms with van der Waals surface area (Å²) in [4.78, 5) is 115. The normalized spacial score (nSPS) is 25.7. The fraction of sp³-hybridized carbons (Fsp3) is 0.651. The monoisotopic (exact) mass is 955 g/mol. The van der Waals surface area contributed by atoms with Gasteiger partial charge in [-0.1, -0.05) is 51.1 Å². The van der Waals surface area contributed by atoms with Crippen LogP contribution in [0.3, 0.4) is 0 Å². The van der Waals surface area contributed by atoms with Crippen LogP contribution >= 0.6 is 0 Å². The van der Waals surface area contributed by atoms with Crippen molar-refractivity contribution in [1.29, 1.82) is 0 Å². The van der Waals surface area contributed by atoms with Gasteiger partial charge in [-0.2, -0.15) is 0 Å². The van der Waals surface area contributed by atoms with Crippen LogP contribution in [0.4, 0.5) is 0 Å². The number of ether oxygens (including phenoxy) is 11. The Morgan fingerprint density at radius 1 is 0.591 bits per heavy atom. The Kier molecular flexibility index (Phi) is 20.2. The third kappa shape index (κ3) is 16.7. The number of esters is 8. The van der Waals surface area contributed by atoms with Crippen LogP contribution in [0.5, 0.6) is 0 Å². The van der Waals surface area contributed by atoms with Crippen molar-refractivity contribution in [3.8, 4) is 0 Å². The Morgan fingerprint density at radius 3 is 1.53 bits per heavy atom. The molecule has 0 aromatic heterocycles. The molecule has 0 bridgehead atoms. The topological polar surface area (TPSA) is 276 Å². The van der Waals surface area contributed by atoms with Crippen molar-refractivity contribution < 1.29 is 99.7 Å². The van der Waals surface area contributed by atoms with E-state index in [1.165, 1.54) is 0 Å². The molecule has 0 unspecified atom stereocenters. The summed E-state index contributed by atoms with van der Waals surface area (Å²) in [5.41, 5.74) is 0.678. The van der Waals surface area contributed by atoms with E-state index in [0.29, 0.717) is 5.56 Å². The summed E-state index contributed by atoms with van der Waals surface area (Å²) in [6.45, 7) is 15.3. The molecule has 0 saturated carbocycles. The number of carbonyl (C=O) groups excluding carboxylic acids is 9. The molecule has 1 aromatic carbocycles. The highest BCUT2D eigenvalue weighted by molar-refractivity contribution is 6.74. The van der Waals surface area contributed by atoms with E-state index in [-0.39, 0.29) is 6.61 Å². The van der Waals surface area contributed by atoms with Crippen LogP contribution in [-0.2, 0) is 106 Å². The first kappa shape index (κ1) is 54.8. The van der Waals surface area contributed by atoms with Gasteiger partial charge in [-0.15, -0.1) is 0 Å². The number of hydrogen-bond acceptors (Lipinski definition) is 21. The predicted molar refractivity (Wildman–Crippen MR) is 224 cm³/mol.